The largest absolute Gasteiger partial charge is 0.497 e. The van der Waals surface area contributed by atoms with Crippen molar-refractivity contribution in [3.05, 3.63) is 71.9 Å². The molecule has 1 aliphatic heterocycles. The molecule has 2 aromatic carbocycles. The van der Waals surface area contributed by atoms with E-state index < -0.39 is 10.0 Å². The van der Waals surface area contributed by atoms with E-state index in [-0.39, 0.29) is 5.41 Å². The van der Waals surface area contributed by atoms with Crippen molar-refractivity contribution in [2.24, 2.45) is 11.3 Å². The summed E-state index contributed by atoms with van der Waals surface area (Å²) in [7, 11) is -1.85. The van der Waals surface area contributed by atoms with Gasteiger partial charge in [0.1, 0.15) is 5.75 Å². The first-order chi connectivity index (χ1) is 12.4. The van der Waals surface area contributed by atoms with Gasteiger partial charge >= 0.3 is 0 Å². The fraction of sp³-hybridized carbons (Fsp3) is 0.333. The molecular weight excluding hydrogens is 346 g/mol. The van der Waals surface area contributed by atoms with Crippen molar-refractivity contribution >= 4 is 10.0 Å². The molecule has 2 aliphatic rings. The van der Waals surface area contributed by atoms with E-state index in [0.29, 0.717) is 23.3 Å². The van der Waals surface area contributed by atoms with Crippen molar-refractivity contribution in [3.8, 4) is 5.75 Å². The van der Waals surface area contributed by atoms with Crippen molar-refractivity contribution in [1.29, 1.82) is 0 Å². The minimum absolute atomic E-state index is 0.0217. The van der Waals surface area contributed by atoms with E-state index in [9.17, 15) is 8.42 Å². The third-order valence-electron chi connectivity index (χ3n) is 5.84. The molecule has 3 atom stereocenters. The molecule has 4 nitrogen and oxygen atoms in total. The highest BCUT2D eigenvalue weighted by Crippen LogP contribution is 2.67. The quantitative estimate of drug-likeness (QED) is 0.820. The highest BCUT2D eigenvalue weighted by molar-refractivity contribution is 7.89. The number of rotatable bonds is 4. The van der Waals surface area contributed by atoms with E-state index in [1.165, 1.54) is 9.87 Å². The summed E-state index contributed by atoms with van der Waals surface area (Å²) >= 11 is 0. The second-order valence-corrected chi connectivity index (χ2v) is 9.32. The second-order valence-electron chi connectivity index (χ2n) is 7.43. The van der Waals surface area contributed by atoms with Gasteiger partial charge in [-0.05, 0) is 54.0 Å². The molecule has 0 unspecified atom stereocenters. The van der Waals surface area contributed by atoms with Gasteiger partial charge in [0.2, 0.25) is 0 Å². The Bertz CT molecular complexity index is 948. The Kier molecular flexibility index (Phi) is 3.88. The number of benzene rings is 2. The molecule has 0 saturated heterocycles. The van der Waals surface area contributed by atoms with E-state index >= 15 is 0 Å². The lowest BCUT2D eigenvalue weighted by molar-refractivity contribution is 0.414. The maximum Gasteiger partial charge on any atom is 0.263 e. The molecule has 1 saturated carbocycles. The number of ether oxygens (including phenoxy) is 1. The van der Waals surface area contributed by atoms with Gasteiger partial charge in [-0.15, -0.1) is 0 Å². The highest BCUT2D eigenvalue weighted by Gasteiger charge is 2.62. The van der Waals surface area contributed by atoms with Crippen LogP contribution < -0.4 is 4.74 Å². The first kappa shape index (κ1) is 17.2. The minimum atomic E-state index is -3.50. The number of sulfonamides is 1. The Morgan fingerprint density at radius 1 is 1.08 bits per heavy atom. The highest BCUT2D eigenvalue weighted by atomic mass is 32.2. The molecular formula is C21H23NO3S. The lowest BCUT2D eigenvalue weighted by atomic mass is 10.0. The van der Waals surface area contributed by atoms with Gasteiger partial charge in [0.25, 0.3) is 10.0 Å². The molecule has 4 rings (SSSR count). The molecule has 0 N–H and O–H groups in total. The summed E-state index contributed by atoms with van der Waals surface area (Å²) in [5, 5.41) is 0. The zero-order valence-electron chi connectivity index (χ0n) is 15.2. The average molecular weight is 369 g/mol. The van der Waals surface area contributed by atoms with Crippen LogP contribution in [0.1, 0.15) is 24.0 Å². The van der Waals surface area contributed by atoms with Crippen LogP contribution in [0.5, 0.6) is 5.75 Å². The van der Waals surface area contributed by atoms with Gasteiger partial charge in [-0.2, -0.15) is 0 Å². The van der Waals surface area contributed by atoms with Gasteiger partial charge < -0.3 is 4.74 Å². The maximum absolute atomic E-state index is 13.0. The zero-order valence-corrected chi connectivity index (χ0v) is 16.0. The molecule has 0 spiro atoms. The monoisotopic (exact) mass is 369 g/mol. The molecule has 1 fully saturated rings. The standard InChI is InChI=1S/C21H23NO3S/c1-15-4-10-18(11-5-15)26(23,24)22-13-12-21(2)19(14-22)20(21)16-6-8-17(25-3)9-7-16/h4-13,19-20H,14H2,1-3H3/t19-,20-,21-/m0/s1. The fourth-order valence-corrected chi connectivity index (χ4v) is 5.41. The Morgan fingerprint density at radius 2 is 1.73 bits per heavy atom. The number of hydrogen-bond donors (Lipinski definition) is 0. The van der Waals surface area contributed by atoms with E-state index in [4.69, 9.17) is 4.74 Å². The fourth-order valence-electron chi connectivity index (χ4n) is 4.08. The SMILES string of the molecule is COc1ccc([C@H]2[C@@H]3CN(S(=O)(=O)c4ccc(C)cc4)C=C[C@@]32C)cc1. The molecule has 136 valence electrons. The average Bonchev–Trinajstić information content (AvgIpc) is 3.26. The number of aryl methyl sites for hydroxylation is 1. The number of hydrogen-bond acceptors (Lipinski definition) is 3. The Labute approximate surface area is 155 Å². The number of methoxy groups -OCH3 is 1. The van der Waals surface area contributed by atoms with Crippen LogP contribution in [0.3, 0.4) is 0 Å². The van der Waals surface area contributed by atoms with Crippen molar-refractivity contribution in [2.75, 3.05) is 13.7 Å². The molecule has 2 aromatic rings. The van der Waals surface area contributed by atoms with Crippen molar-refractivity contribution in [3.63, 3.8) is 0 Å². The zero-order chi connectivity index (χ0) is 18.5. The second kappa shape index (κ2) is 5.88. The number of nitrogens with zero attached hydrogens (tertiary/aromatic N) is 1. The molecule has 0 aromatic heterocycles. The van der Waals surface area contributed by atoms with Gasteiger partial charge in [-0.1, -0.05) is 42.8 Å². The topological polar surface area (TPSA) is 46.6 Å². The smallest absolute Gasteiger partial charge is 0.263 e. The van der Waals surface area contributed by atoms with Gasteiger partial charge in [0.05, 0.1) is 12.0 Å². The molecule has 0 bridgehead atoms. The third kappa shape index (κ3) is 2.62. The van der Waals surface area contributed by atoms with Gasteiger partial charge in [0.15, 0.2) is 0 Å². The Morgan fingerprint density at radius 3 is 2.35 bits per heavy atom. The van der Waals surface area contributed by atoms with Gasteiger partial charge in [-0.3, -0.25) is 4.31 Å². The van der Waals surface area contributed by atoms with Crippen LogP contribution in [0.15, 0.2) is 65.7 Å². The van der Waals surface area contributed by atoms with Crippen LogP contribution in [0, 0.1) is 18.3 Å². The van der Waals surface area contributed by atoms with E-state index in [0.717, 1.165) is 11.3 Å². The Hall–Kier alpha value is -2.27. The summed E-state index contributed by atoms with van der Waals surface area (Å²) in [6.07, 6.45) is 3.80. The molecule has 1 aliphatic carbocycles. The normalized spacial score (nSPS) is 27.1. The summed E-state index contributed by atoms with van der Waals surface area (Å²) in [5.41, 5.74) is 2.30. The molecule has 0 amide bonds. The van der Waals surface area contributed by atoms with Crippen molar-refractivity contribution in [2.45, 2.75) is 24.7 Å². The molecule has 5 heteroatoms. The first-order valence-corrected chi connectivity index (χ1v) is 10.2. The summed E-state index contributed by atoms with van der Waals surface area (Å²) in [4.78, 5) is 0.345. The van der Waals surface area contributed by atoms with Crippen molar-refractivity contribution < 1.29 is 13.2 Å². The third-order valence-corrected chi connectivity index (χ3v) is 7.60. The predicted molar refractivity (Wildman–Crippen MR) is 102 cm³/mol. The predicted octanol–water partition coefficient (Wildman–Crippen LogP) is 3.94. The summed E-state index contributed by atoms with van der Waals surface area (Å²) < 4.78 is 32.6. The lowest BCUT2D eigenvalue weighted by Gasteiger charge is -2.25. The molecule has 1 heterocycles. The summed E-state index contributed by atoms with van der Waals surface area (Å²) in [6, 6.07) is 15.1. The van der Waals surface area contributed by atoms with Crippen LogP contribution in [0.25, 0.3) is 0 Å². The van der Waals surface area contributed by atoms with Crippen LogP contribution in [-0.4, -0.2) is 26.4 Å². The first-order valence-electron chi connectivity index (χ1n) is 8.78. The van der Waals surface area contributed by atoms with E-state index in [1.807, 2.05) is 31.2 Å². The van der Waals surface area contributed by atoms with E-state index in [1.54, 1.807) is 25.4 Å². The Balaban J connectivity index is 1.58. The number of allylic oxidation sites excluding steroid dienone is 1. The maximum atomic E-state index is 13.0. The van der Waals surface area contributed by atoms with E-state index in [2.05, 4.69) is 25.1 Å². The van der Waals surface area contributed by atoms with Crippen LogP contribution in [-0.2, 0) is 10.0 Å². The molecule has 26 heavy (non-hydrogen) atoms. The molecule has 0 radical (unpaired) electrons. The minimum Gasteiger partial charge on any atom is -0.497 e. The summed E-state index contributed by atoms with van der Waals surface area (Å²) in [6.45, 7) is 4.67. The lowest BCUT2D eigenvalue weighted by Crippen LogP contribution is -2.31. The van der Waals surface area contributed by atoms with Crippen LogP contribution >= 0.6 is 0 Å². The van der Waals surface area contributed by atoms with Crippen LogP contribution in [0.2, 0.25) is 0 Å². The van der Waals surface area contributed by atoms with Crippen LogP contribution in [0.4, 0.5) is 0 Å². The van der Waals surface area contributed by atoms with Gasteiger partial charge in [0, 0.05) is 12.7 Å². The number of fused-ring (bicyclic) bond motifs is 1. The van der Waals surface area contributed by atoms with Gasteiger partial charge in [-0.25, -0.2) is 8.42 Å². The summed E-state index contributed by atoms with van der Waals surface area (Å²) in [5.74, 6) is 1.46. The van der Waals surface area contributed by atoms with Crippen molar-refractivity contribution in [1.82, 2.24) is 4.31 Å².